The van der Waals surface area contributed by atoms with Gasteiger partial charge in [-0.2, -0.15) is 0 Å². The highest BCUT2D eigenvalue weighted by Crippen LogP contribution is 2.35. The highest BCUT2D eigenvalue weighted by molar-refractivity contribution is 7.60. The van der Waals surface area contributed by atoms with Crippen LogP contribution in [0.2, 0.25) is 0 Å². The average molecular weight is 415 g/mol. The first-order valence-electron chi connectivity index (χ1n) is 8.60. The highest BCUT2D eigenvalue weighted by Gasteiger charge is 2.18. The molecule has 0 aliphatic heterocycles. The van der Waals surface area contributed by atoms with Crippen molar-refractivity contribution in [3.8, 4) is 11.5 Å². The Bertz CT molecular complexity index is 1320. The lowest BCUT2D eigenvalue weighted by Gasteiger charge is -2.11. The van der Waals surface area contributed by atoms with Gasteiger partial charge in [0.25, 0.3) is 0 Å². The molecule has 29 heavy (non-hydrogen) atoms. The minimum absolute atomic E-state index is 0.0704. The minimum atomic E-state index is -4.32. The number of benzene rings is 2. The van der Waals surface area contributed by atoms with Crippen molar-refractivity contribution in [3.05, 3.63) is 58.6 Å². The number of methoxy groups -OCH3 is 2. The Morgan fingerprint density at radius 2 is 1.76 bits per heavy atom. The van der Waals surface area contributed by atoms with Gasteiger partial charge in [0, 0.05) is 11.5 Å². The summed E-state index contributed by atoms with van der Waals surface area (Å²) in [7, 11) is -1.25. The van der Waals surface area contributed by atoms with E-state index in [0.29, 0.717) is 33.4 Å². The number of hydrogen-bond acceptors (Lipinski definition) is 5. The van der Waals surface area contributed by atoms with E-state index in [9.17, 15) is 19.1 Å². The molecule has 0 radical (unpaired) electrons. The summed E-state index contributed by atoms with van der Waals surface area (Å²) in [6.07, 6.45) is 1.58. The first-order chi connectivity index (χ1) is 13.8. The second-order valence-electron chi connectivity index (χ2n) is 6.47. The molecule has 150 valence electrons. The maximum absolute atomic E-state index is 12.6. The van der Waals surface area contributed by atoms with Gasteiger partial charge in [-0.3, -0.25) is 14.1 Å². The molecule has 0 aliphatic carbocycles. The van der Waals surface area contributed by atoms with Gasteiger partial charge < -0.3 is 24.2 Å². The zero-order valence-electron chi connectivity index (χ0n) is 15.6. The van der Waals surface area contributed by atoms with Crippen LogP contribution in [0, 0.1) is 0 Å². The van der Waals surface area contributed by atoms with Crippen LogP contribution >= 0.6 is 7.60 Å². The maximum atomic E-state index is 12.6. The fraction of sp³-hybridized carbons (Fsp3) is 0.158. The van der Waals surface area contributed by atoms with E-state index in [-0.39, 0.29) is 17.5 Å². The molecule has 0 atom stereocenters. The summed E-state index contributed by atoms with van der Waals surface area (Å²) < 4.78 is 23.6. The summed E-state index contributed by atoms with van der Waals surface area (Å²) in [5, 5.41) is 0.643. The number of H-pyrrole nitrogens is 1. The van der Waals surface area contributed by atoms with Gasteiger partial charge in [0.1, 0.15) is 0 Å². The smallest absolute Gasteiger partial charge is 0.356 e. The fourth-order valence-corrected chi connectivity index (χ4v) is 3.84. The van der Waals surface area contributed by atoms with Gasteiger partial charge in [-0.1, -0.05) is 12.1 Å². The molecule has 2 aromatic carbocycles. The van der Waals surface area contributed by atoms with Crippen molar-refractivity contribution in [1.29, 1.82) is 0 Å². The lowest BCUT2D eigenvalue weighted by atomic mass is 10.1. The van der Waals surface area contributed by atoms with Crippen LogP contribution in [0.4, 0.5) is 0 Å². The standard InChI is InChI=1S/C19H18N3O6P/c1-27-16-7-13-14(8-17(16)28-2)20-9-15-18(13)22(19(23)21-15)10-11-3-5-12(6-4-11)29(24,25)26/h3-9H,10H2,1-2H3,(H,21,23)(H2,24,25,26). The molecule has 10 heteroatoms. The largest absolute Gasteiger partial charge is 0.493 e. The van der Waals surface area contributed by atoms with E-state index in [2.05, 4.69) is 9.97 Å². The van der Waals surface area contributed by atoms with Crippen LogP contribution in [0.5, 0.6) is 11.5 Å². The average Bonchev–Trinajstić information content (AvgIpc) is 3.02. The quantitative estimate of drug-likeness (QED) is 0.424. The summed E-state index contributed by atoms with van der Waals surface area (Å²) in [4.78, 5) is 38.3. The summed E-state index contributed by atoms with van der Waals surface area (Å²) >= 11 is 0. The second-order valence-corrected chi connectivity index (χ2v) is 8.08. The van der Waals surface area contributed by atoms with Crippen molar-refractivity contribution in [3.63, 3.8) is 0 Å². The van der Waals surface area contributed by atoms with Crippen molar-refractivity contribution >= 4 is 34.8 Å². The molecule has 0 fully saturated rings. The number of imidazole rings is 1. The molecule has 2 heterocycles. The number of aromatic nitrogens is 3. The molecule has 9 nitrogen and oxygen atoms in total. The number of fused-ring (bicyclic) bond motifs is 3. The van der Waals surface area contributed by atoms with Gasteiger partial charge in [0.05, 0.1) is 48.8 Å². The summed E-state index contributed by atoms with van der Waals surface area (Å²) in [5.41, 5.74) is 2.26. The lowest BCUT2D eigenvalue weighted by Crippen LogP contribution is -2.17. The summed E-state index contributed by atoms with van der Waals surface area (Å²) in [5.74, 6) is 1.05. The van der Waals surface area contributed by atoms with Crippen LogP contribution in [0.1, 0.15) is 5.56 Å². The van der Waals surface area contributed by atoms with Crippen molar-refractivity contribution in [2.45, 2.75) is 6.54 Å². The molecular formula is C19H18N3O6P. The third kappa shape index (κ3) is 3.40. The molecule has 0 saturated heterocycles. The Balaban J connectivity index is 1.88. The molecule has 2 aromatic heterocycles. The Morgan fingerprint density at radius 1 is 1.10 bits per heavy atom. The number of hydrogen-bond donors (Lipinski definition) is 3. The van der Waals surface area contributed by atoms with Gasteiger partial charge >= 0.3 is 13.3 Å². The van der Waals surface area contributed by atoms with E-state index in [0.717, 1.165) is 5.56 Å². The van der Waals surface area contributed by atoms with Crippen LogP contribution in [-0.2, 0) is 11.1 Å². The molecular weight excluding hydrogens is 397 g/mol. The third-order valence-electron chi connectivity index (χ3n) is 4.71. The summed E-state index contributed by atoms with van der Waals surface area (Å²) in [6.45, 7) is 0.216. The Morgan fingerprint density at radius 3 is 2.38 bits per heavy atom. The third-order valence-corrected chi connectivity index (χ3v) is 5.69. The van der Waals surface area contributed by atoms with Crippen molar-refractivity contribution in [2.24, 2.45) is 0 Å². The predicted octanol–water partition coefficient (Wildman–Crippen LogP) is 1.75. The van der Waals surface area contributed by atoms with Gasteiger partial charge in [-0.05, 0) is 23.8 Å². The van der Waals surface area contributed by atoms with Crippen LogP contribution in [0.3, 0.4) is 0 Å². The van der Waals surface area contributed by atoms with Gasteiger partial charge in [-0.15, -0.1) is 0 Å². The molecule has 0 aliphatic rings. The molecule has 0 unspecified atom stereocenters. The number of rotatable bonds is 5. The van der Waals surface area contributed by atoms with E-state index in [1.54, 1.807) is 35.0 Å². The predicted molar refractivity (Wildman–Crippen MR) is 108 cm³/mol. The lowest BCUT2D eigenvalue weighted by molar-refractivity contribution is 0.356. The van der Waals surface area contributed by atoms with E-state index in [4.69, 9.17) is 9.47 Å². The number of ether oxygens (including phenoxy) is 2. The van der Waals surface area contributed by atoms with E-state index in [1.807, 2.05) is 0 Å². The zero-order chi connectivity index (χ0) is 20.8. The number of aromatic amines is 1. The molecule has 0 amide bonds. The van der Waals surface area contributed by atoms with Crippen molar-refractivity contribution < 1.29 is 23.8 Å². The van der Waals surface area contributed by atoms with E-state index >= 15 is 0 Å². The summed E-state index contributed by atoms with van der Waals surface area (Å²) in [6, 6.07) is 9.42. The molecule has 0 bridgehead atoms. The Labute approximate surface area is 164 Å². The number of pyridine rings is 1. The topological polar surface area (TPSA) is 127 Å². The van der Waals surface area contributed by atoms with Gasteiger partial charge in [-0.25, -0.2) is 4.79 Å². The van der Waals surface area contributed by atoms with Gasteiger partial charge in [0.15, 0.2) is 11.5 Å². The SMILES string of the molecule is COc1cc2ncc3[nH]c(=O)n(Cc4ccc(P(=O)(O)O)cc4)c3c2cc1OC. The highest BCUT2D eigenvalue weighted by atomic mass is 31.2. The first kappa shape index (κ1) is 19.2. The zero-order valence-corrected chi connectivity index (χ0v) is 16.5. The van der Waals surface area contributed by atoms with E-state index in [1.165, 1.54) is 26.4 Å². The Kier molecular flexibility index (Phi) is 4.66. The Hall–Kier alpha value is -3.13. The van der Waals surface area contributed by atoms with Crippen molar-refractivity contribution in [2.75, 3.05) is 14.2 Å². The number of nitrogens with one attached hydrogen (secondary N) is 1. The first-order valence-corrected chi connectivity index (χ1v) is 10.2. The van der Waals surface area contributed by atoms with Crippen LogP contribution in [0.25, 0.3) is 21.9 Å². The molecule has 0 saturated carbocycles. The molecule has 3 N–H and O–H groups in total. The van der Waals surface area contributed by atoms with Gasteiger partial charge in [0.2, 0.25) is 0 Å². The minimum Gasteiger partial charge on any atom is -0.493 e. The maximum Gasteiger partial charge on any atom is 0.356 e. The van der Waals surface area contributed by atoms with Crippen LogP contribution in [0.15, 0.2) is 47.4 Å². The van der Waals surface area contributed by atoms with Crippen LogP contribution < -0.4 is 20.5 Å². The second kappa shape index (κ2) is 7.04. The monoisotopic (exact) mass is 415 g/mol. The molecule has 4 aromatic rings. The molecule has 4 rings (SSSR count). The van der Waals surface area contributed by atoms with Crippen LogP contribution in [-0.4, -0.2) is 38.5 Å². The van der Waals surface area contributed by atoms with Crippen molar-refractivity contribution in [1.82, 2.24) is 14.5 Å². The normalized spacial score (nSPS) is 11.9. The fourth-order valence-electron chi connectivity index (χ4n) is 3.30. The molecule has 0 spiro atoms. The number of nitrogens with zero attached hydrogens (tertiary/aromatic N) is 2. The van der Waals surface area contributed by atoms with E-state index < -0.39 is 7.60 Å².